The van der Waals surface area contributed by atoms with Gasteiger partial charge in [0.1, 0.15) is 0 Å². The van der Waals surface area contributed by atoms with Gasteiger partial charge in [-0.1, -0.05) is 0 Å². The second-order valence-electron chi connectivity index (χ2n) is 10.3. The fraction of sp³-hybridized carbons (Fsp3) is 1.00. The number of hydroxylamine groups is 2. The molecule has 27 heavy (non-hydrogen) atoms. The van der Waals surface area contributed by atoms with Gasteiger partial charge < -0.3 is 14.4 Å². The summed E-state index contributed by atoms with van der Waals surface area (Å²) in [5, 5.41) is 2.17. The average Bonchev–Trinajstić information content (AvgIpc) is 2.52. The number of unbranched alkanes of at least 4 members (excludes halogenated alkanes) is 1. The highest BCUT2D eigenvalue weighted by atomic mass is 16.7. The van der Waals surface area contributed by atoms with Crippen molar-refractivity contribution in [3.05, 3.63) is 0 Å². The molecule has 0 aromatic heterocycles. The lowest BCUT2D eigenvalue weighted by Gasteiger charge is -2.47. The normalized spacial score (nSPS) is 25.8. The molecule has 0 aromatic rings. The minimum atomic E-state index is -0.0336. The molecule has 1 aliphatic carbocycles. The third-order valence-electron chi connectivity index (χ3n) is 5.51. The average molecular weight is 385 g/mol. The van der Waals surface area contributed by atoms with E-state index in [4.69, 9.17) is 14.3 Å². The van der Waals surface area contributed by atoms with Crippen molar-refractivity contribution in [2.75, 3.05) is 33.4 Å². The molecule has 5 nitrogen and oxygen atoms in total. The Bertz CT molecular complexity index is 416. The Kier molecular flexibility index (Phi) is 8.56. The zero-order valence-corrected chi connectivity index (χ0v) is 18.9. The Labute approximate surface area is 167 Å². The van der Waals surface area contributed by atoms with Crippen molar-refractivity contribution in [1.82, 2.24) is 9.96 Å². The molecule has 1 aliphatic heterocycles. The number of ether oxygens (including phenoxy) is 2. The minimum absolute atomic E-state index is 0.0181. The van der Waals surface area contributed by atoms with E-state index in [9.17, 15) is 0 Å². The second kappa shape index (κ2) is 10.0. The molecule has 2 aliphatic rings. The van der Waals surface area contributed by atoms with Gasteiger partial charge in [-0.25, -0.2) is 0 Å². The molecule has 160 valence electrons. The fourth-order valence-electron chi connectivity index (χ4n) is 3.92. The molecule has 0 unspecified atom stereocenters. The zero-order valence-electron chi connectivity index (χ0n) is 18.9. The summed E-state index contributed by atoms with van der Waals surface area (Å²) >= 11 is 0. The van der Waals surface area contributed by atoms with Gasteiger partial charge in [0.2, 0.25) is 0 Å². The Morgan fingerprint density at radius 3 is 2.00 bits per heavy atom. The lowest BCUT2D eigenvalue weighted by molar-refractivity contribution is -0.181. The van der Waals surface area contributed by atoms with E-state index < -0.39 is 0 Å². The van der Waals surface area contributed by atoms with Gasteiger partial charge in [0, 0.05) is 31.8 Å². The molecule has 0 aromatic carbocycles. The molecule has 1 saturated heterocycles. The van der Waals surface area contributed by atoms with Crippen LogP contribution >= 0.6 is 0 Å². The SMILES string of the molecule is CN(C1CCN(OCCCCOC(C)(C)C)CC1)C1CC(OC(C)(C)C)C1. The first-order chi connectivity index (χ1) is 12.5. The molecule has 2 fully saturated rings. The van der Waals surface area contributed by atoms with Crippen molar-refractivity contribution in [1.29, 1.82) is 0 Å². The van der Waals surface area contributed by atoms with E-state index in [0.717, 1.165) is 39.1 Å². The van der Waals surface area contributed by atoms with Crippen LogP contribution < -0.4 is 0 Å². The van der Waals surface area contributed by atoms with Crippen LogP contribution in [0.25, 0.3) is 0 Å². The van der Waals surface area contributed by atoms with Crippen LogP contribution in [0.3, 0.4) is 0 Å². The summed E-state index contributed by atoms with van der Waals surface area (Å²) in [5.41, 5.74) is -0.0517. The van der Waals surface area contributed by atoms with Gasteiger partial charge in [0.25, 0.3) is 0 Å². The molecule has 1 saturated carbocycles. The van der Waals surface area contributed by atoms with E-state index in [-0.39, 0.29) is 11.2 Å². The van der Waals surface area contributed by atoms with Crippen LogP contribution in [0.5, 0.6) is 0 Å². The molecule has 0 spiro atoms. The maximum atomic E-state index is 6.09. The van der Waals surface area contributed by atoms with Gasteiger partial charge in [-0.05, 0) is 87.1 Å². The first-order valence-corrected chi connectivity index (χ1v) is 10.9. The zero-order chi connectivity index (χ0) is 20.1. The smallest absolute Gasteiger partial charge is 0.0685 e. The molecule has 0 bridgehead atoms. The van der Waals surface area contributed by atoms with E-state index >= 15 is 0 Å². The van der Waals surface area contributed by atoms with Gasteiger partial charge in [0.05, 0.1) is 23.9 Å². The topological polar surface area (TPSA) is 34.2 Å². The van der Waals surface area contributed by atoms with E-state index in [1.54, 1.807) is 0 Å². The molecule has 1 heterocycles. The van der Waals surface area contributed by atoms with E-state index in [2.05, 4.69) is 58.6 Å². The molecule has 5 heteroatoms. The van der Waals surface area contributed by atoms with Gasteiger partial charge in [-0.15, -0.1) is 0 Å². The Hall–Kier alpha value is -0.200. The summed E-state index contributed by atoms with van der Waals surface area (Å²) < 4.78 is 11.8. The molecular weight excluding hydrogens is 340 g/mol. The summed E-state index contributed by atoms with van der Waals surface area (Å²) in [4.78, 5) is 8.56. The van der Waals surface area contributed by atoms with Crippen molar-refractivity contribution in [3.8, 4) is 0 Å². The van der Waals surface area contributed by atoms with Crippen LogP contribution in [-0.2, 0) is 14.3 Å². The quantitative estimate of drug-likeness (QED) is 0.555. The van der Waals surface area contributed by atoms with Crippen molar-refractivity contribution >= 4 is 0 Å². The first-order valence-electron chi connectivity index (χ1n) is 10.9. The molecule has 2 rings (SSSR count). The minimum Gasteiger partial charge on any atom is -0.376 e. The van der Waals surface area contributed by atoms with Gasteiger partial charge >= 0.3 is 0 Å². The van der Waals surface area contributed by atoms with Crippen molar-refractivity contribution in [3.63, 3.8) is 0 Å². The number of hydrogen-bond donors (Lipinski definition) is 0. The second-order valence-corrected chi connectivity index (χ2v) is 10.3. The lowest BCUT2D eigenvalue weighted by Crippen LogP contribution is -2.54. The maximum absolute atomic E-state index is 6.09. The van der Waals surface area contributed by atoms with Gasteiger partial charge in [0.15, 0.2) is 0 Å². The number of piperidine rings is 1. The third kappa shape index (κ3) is 8.78. The molecule has 0 atom stereocenters. The fourth-order valence-corrected chi connectivity index (χ4v) is 3.92. The number of hydrogen-bond acceptors (Lipinski definition) is 5. The highest BCUT2D eigenvalue weighted by Gasteiger charge is 2.38. The lowest BCUT2D eigenvalue weighted by atomic mass is 9.85. The number of rotatable bonds is 9. The van der Waals surface area contributed by atoms with Crippen LogP contribution in [-0.4, -0.2) is 72.7 Å². The Morgan fingerprint density at radius 1 is 0.852 bits per heavy atom. The van der Waals surface area contributed by atoms with Crippen LogP contribution in [0.2, 0.25) is 0 Å². The van der Waals surface area contributed by atoms with Crippen LogP contribution in [0.15, 0.2) is 0 Å². The van der Waals surface area contributed by atoms with Crippen molar-refractivity contribution in [2.45, 2.75) is 109 Å². The predicted octanol–water partition coefficient (Wildman–Crippen LogP) is 4.26. The molecule has 0 amide bonds. The highest BCUT2D eigenvalue weighted by molar-refractivity contribution is 4.91. The van der Waals surface area contributed by atoms with Crippen molar-refractivity contribution in [2.24, 2.45) is 0 Å². The summed E-state index contributed by atoms with van der Waals surface area (Å²) in [6.07, 6.45) is 7.34. The first kappa shape index (κ1) is 23.1. The summed E-state index contributed by atoms with van der Waals surface area (Å²) in [6, 6.07) is 1.38. The standard InChI is InChI=1S/C22H44N2O3/c1-21(2,3)25-14-8-9-15-26-24-12-10-18(11-13-24)23(7)19-16-20(17-19)27-22(4,5)6/h18-20H,8-17H2,1-7H3. The molecule has 0 N–H and O–H groups in total. The van der Waals surface area contributed by atoms with E-state index in [0.29, 0.717) is 18.2 Å². The largest absolute Gasteiger partial charge is 0.376 e. The van der Waals surface area contributed by atoms with Gasteiger partial charge in [-0.2, -0.15) is 5.06 Å². The van der Waals surface area contributed by atoms with Crippen LogP contribution in [0, 0.1) is 0 Å². The Morgan fingerprint density at radius 2 is 1.44 bits per heavy atom. The molecule has 0 radical (unpaired) electrons. The Balaban J connectivity index is 1.53. The van der Waals surface area contributed by atoms with Gasteiger partial charge in [-0.3, -0.25) is 4.84 Å². The summed E-state index contributed by atoms with van der Waals surface area (Å²) in [6.45, 7) is 16.5. The van der Waals surface area contributed by atoms with Crippen LogP contribution in [0.4, 0.5) is 0 Å². The molecular formula is C22H44N2O3. The highest BCUT2D eigenvalue weighted by Crippen LogP contribution is 2.33. The summed E-state index contributed by atoms with van der Waals surface area (Å²) in [7, 11) is 2.30. The van der Waals surface area contributed by atoms with E-state index in [1.807, 2.05) is 0 Å². The monoisotopic (exact) mass is 384 g/mol. The summed E-state index contributed by atoms with van der Waals surface area (Å²) in [5.74, 6) is 0. The van der Waals surface area contributed by atoms with E-state index in [1.165, 1.54) is 25.7 Å². The number of nitrogens with zero attached hydrogens (tertiary/aromatic N) is 2. The van der Waals surface area contributed by atoms with Crippen LogP contribution in [0.1, 0.15) is 80.1 Å². The van der Waals surface area contributed by atoms with Crippen molar-refractivity contribution < 1.29 is 14.3 Å². The maximum Gasteiger partial charge on any atom is 0.0685 e. The third-order valence-corrected chi connectivity index (χ3v) is 5.51. The predicted molar refractivity (Wildman–Crippen MR) is 111 cm³/mol.